The van der Waals surface area contributed by atoms with Crippen molar-refractivity contribution in [2.24, 2.45) is 0 Å². The van der Waals surface area contributed by atoms with Crippen molar-refractivity contribution in [2.45, 2.75) is 32.1 Å². The molecule has 24 heavy (non-hydrogen) atoms. The second kappa shape index (κ2) is 8.11. The van der Waals surface area contributed by atoms with Crippen LogP contribution >= 0.6 is 11.3 Å². The van der Waals surface area contributed by atoms with E-state index >= 15 is 0 Å². The van der Waals surface area contributed by atoms with Gasteiger partial charge in [-0.1, -0.05) is 6.07 Å². The number of amides is 1. The first-order valence-electron chi connectivity index (χ1n) is 8.44. The summed E-state index contributed by atoms with van der Waals surface area (Å²) in [6, 6.07) is 11.7. The standard InChI is InChI=1S/C19H22N2O2S/c22-17(18-6-4-14-24-18)5-3-7-19(23)20-15-8-10-16(11-9-15)21-12-1-2-13-21/h4,6,8-11,14H,1-3,5,7,12-13H2,(H,20,23). The van der Waals surface area contributed by atoms with Crippen LogP contribution in [0.2, 0.25) is 0 Å². The van der Waals surface area contributed by atoms with Gasteiger partial charge in [-0.15, -0.1) is 11.3 Å². The highest BCUT2D eigenvalue weighted by atomic mass is 32.1. The largest absolute Gasteiger partial charge is 0.372 e. The van der Waals surface area contributed by atoms with E-state index in [2.05, 4.69) is 22.3 Å². The summed E-state index contributed by atoms with van der Waals surface area (Å²) >= 11 is 1.45. The van der Waals surface area contributed by atoms with E-state index < -0.39 is 0 Å². The molecule has 1 N–H and O–H groups in total. The molecule has 1 saturated heterocycles. The van der Waals surface area contributed by atoms with Crippen LogP contribution in [0, 0.1) is 0 Å². The van der Waals surface area contributed by atoms with Crippen LogP contribution in [-0.2, 0) is 4.79 Å². The maximum absolute atomic E-state index is 12.0. The van der Waals surface area contributed by atoms with Gasteiger partial charge in [-0.2, -0.15) is 0 Å². The topological polar surface area (TPSA) is 49.4 Å². The molecule has 2 heterocycles. The molecule has 0 bridgehead atoms. The van der Waals surface area contributed by atoms with Crippen molar-refractivity contribution in [3.63, 3.8) is 0 Å². The molecule has 1 aromatic heterocycles. The Morgan fingerprint density at radius 2 is 1.79 bits per heavy atom. The molecule has 1 aromatic carbocycles. The Labute approximate surface area is 146 Å². The van der Waals surface area contributed by atoms with Crippen LogP contribution < -0.4 is 10.2 Å². The van der Waals surface area contributed by atoms with Crippen LogP contribution in [-0.4, -0.2) is 24.8 Å². The van der Waals surface area contributed by atoms with Crippen LogP contribution in [0.4, 0.5) is 11.4 Å². The van der Waals surface area contributed by atoms with Gasteiger partial charge in [-0.25, -0.2) is 0 Å². The van der Waals surface area contributed by atoms with E-state index in [9.17, 15) is 9.59 Å². The molecular weight excluding hydrogens is 320 g/mol. The Morgan fingerprint density at radius 3 is 2.46 bits per heavy atom. The zero-order valence-electron chi connectivity index (χ0n) is 13.7. The van der Waals surface area contributed by atoms with Crippen LogP contribution in [0.5, 0.6) is 0 Å². The molecule has 1 aliphatic rings. The average molecular weight is 342 g/mol. The lowest BCUT2D eigenvalue weighted by molar-refractivity contribution is -0.116. The normalized spacial score (nSPS) is 13.9. The number of rotatable bonds is 7. The van der Waals surface area contributed by atoms with Gasteiger partial charge in [0.2, 0.25) is 5.91 Å². The average Bonchev–Trinajstić information content (AvgIpc) is 3.29. The molecule has 1 aliphatic heterocycles. The number of anilines is 2. The number of nitrogens with one attached hydrogen (secondary N) is 1. The molecule has 1 fully saturated rings. The molecule has 1 amide bonds. The van der Waals surface area contributed by atoms with Gasteiger partial charge >= 0.3 is 0 Å². The predicted octanol–water partition coefficient (Wildman–Crippen LogP) is 4.34. The van der Waals surface area contributed by atoms with Crippen LogP contribution in [0.25, 0.3) is 0 Å². The molecule has 0 atom stereocenters. The zero-order chi connectivity index (χ0) is 16.8. The van der Waals surface area contributed by atoms with E-state index in [0.29, 0.717) is 19.3 Å². The first-order chi connectivity index (χ1) is 11.7. The van der Waals surface area contributed by atoms with Crippen LogP contribution in [0.15, 0.2) is 41.8 Å². The lowest BCUT2D eigenvalue weighted by Crippen LogP contribution is -2.17. The SMILES string of the molecule is O=C(CCCC(=O)c1cccs1)Nc1ccc(N2CCCC2)cc1. The Kier molecular flexibility index (Phi) is 5.64. The first-order valence-corrected chi connectivity index (χ1v) is 9.32. The summed E-state index contributed by atoms with van der Waals surface area (Å²) in [6.07, 6.45) is 3.87. The number of hydrogen-bond acceptors (Lipinski definition) is 4. The van der Waals surface area contributed by atoms with E-state index in [1.807, 2.05) is 29.6 Å². The maximum Gasteiger partial charge on any atom is 0.224 e. The Hall–Kier alpha value is -2.14. The van der Waals surface area contributed by atoms with Crippen molar-refractivity contribution in [3.05, 3.63) is 46.7 Å². The number of benzene rings is 1. The van der Waals surface area contributed by atoms with Gasteiger partial charge in [0.15, 0.2) is 5.78 Å². The number of Topliss-reactive ketones (excluding diaryl/α,β-unsaturated/α-hetero) is 1. The quantitative estimate of drug-likeness (QED) is 0.762. The lowest BCUT2D eigenvalue weighted by atomic mass is 10.1. The molecular formula is C19H22N2O2S. The van der Waals surface area contributed by atoms with E-state index in [0.717, 1.165) is 23.7 Å². The minimum atomic E-state index is -0.0390. The van der Waals surface area contributed by atoms with E-state index in [1.54, 1.807) is 0 Å². The molecule has 0 saturated carbocycles. The van der Waals surface area contributed by atoms with Crippen LogP contribution in [0.3, 0.4) is 0 Å². The third kappa shape index (κ3) is 4.45. The smallest absolute Gasteiger partial charge is 0.224 e. The minimum Gasteiger partial charge on any atom is -0.372 e. The highest BCUT2D eigenvalue weighted by molar-refractivity contribution is 7.12. The van der Waals surface area contributed by atoms with Crippen molar-refractivity contribution in [3.8, 4) is 0 Å². The second-order valence-electron chi connectivity index (χ2n) is 6.04. The van der Waals surface area contributed by atoms with Gasteiger partial charge in [-0.3, -0.25) is 9.59 Å². The number of carbonyl (C=O) groups is 2. The van der Waals surface area contributed by atoms with Crippen LogP contribution in [0.1, 0.15) is 41.8 Å². The third-order valence-corrected chi connectivity index (χ3v) is 5.14. The monoisotopic (exact) mass is 342 g/mol. The van der Waals surface area contributed by atoms with Crippen molar-refractivity contribution in [1.29, 1.82) is 0 Å². The van der Waals surface area contributed by atoms with Crippen molar-refractivity contribution in [2.75, 3.05) is 23.3 Å². The summed E-state index contributed by atoms with van der Waals surface area (Å²) in [5.41, 5.74) is 2.03. The molecule has 4 nitrogen and oxygen atoms in total. The highest BCUT2D eigenvalue weighted by Gasteiger charge is 2.12. The summed E-state index contributed by atoms with van der Waals surface area (Å²) in [6.45, 7) is 2.23. The molecule has 5 heteroatoms. The first kappa shape index (κ1) is 16.7. The van der Waals surface area contributed by atoms with E-state index in [-0.39, 0.29) is 11.7 Å². The number of hydrogen-bond donors (Lipinski definition) is 1. The van der Waals surface area contributed by atoms with E-state index in [1.165, 1.54) is 29.9 Å². The van der Waals surface area contributed by atoms with Gasteiger partial charge < -0.3 is 10.2 Å². The minimum absolute atomic E-state index is 0.0390. The number of thiophene rings is 1. The fourth-order valence-electron chi connectivity index (χ4n) is 2.92. The summed E-state index contributed by atoms with van der Waals surface area (Å²) < 4.78 is 0. The third-order valence-electron chi connectivity index (χ3n) is 4.23. The molecule has 0 spiro atoms. The summed E-state index contributed by atoms with van der Waals surface area (Å²) in [4.78, 5) is 27.0. The Bertz CT molecular complexity index is 674. The molecule has 126 valence electrons. The molecule has 2 aromatic rings. The number of carbonyl (C=O) groups excluding carboxylic acids is 2. The van der Waals surface area contributed by atoms with Gasteiger partial charge in [0.05, 0.1) is 4.88 Å². The van der Waals surface area contributed by atoms with Crippen molar-refractivity contribution in [1.82, 2.24) is 0 Å². The summed E-state index contributed by atoms with van der Waals surface area (Å²) in [5.74, 6) is 0.0793. The van der Waals surface area contributed by atoms with Gasteiger partial charge in [0, 0.05) is 37.3 Å². The Morgan fingerprint density at radius 1 is 1.04 bits per heavy atom. The van der Waals surface area contributed by atoms with Gasteiger partial charge in [-0.05, 0) is 55.0 Å². The van der Waals surface area contributed by atoms with Gasteiger partial charge in [0.1, 0.15) is 0 Å². The zero-order valence-corrected chi connectivity index (χ0v) is 14.5. The summed E-state index contributed by atoms with van der Waals surface area (Å²) in [5, 5.41) is 4.80. The van der Waals surface area contributed by atoms with E-state index in [4.69, 9.17) is 0 Å². The fourth-order valence-corrected chi connectivity index (χ4v) is 3.62. The second-order valence-corrected chi connectivity index (χ2v) is 6.99. The fraction of sp³-hybridized carbons (Fsp3) is 0.368. The summed E-state index contributed by atoms with van der Waals surface area (Å²) in [7, 11) is 0. The van der Waals surface area contributed by atoms with Gasteiger partial charge in [0.25, 0.3) is 0 Å². The van der Waals surface area contributed by atoms with Crippen molar-refractivity contribution < 1.29 is 9.59 Å². The maximum atomic E-state index is 12.0. The lowest BCUT2D eigenvalue weighted by Gasteiger charge is -2.17. The molecule has 0 aliphatic carbocycles. The highest BCUT2D eigenvalue weighted by Crippen LogP contribution is 2.22. The molecule has 0 unspecified atom stereocenters. The van der Waals surface area contributed by atoms with Crippen molar-refractivity contribution >= 4 is 34.4 Å². The Balaban J connectivity index is 1.42. The number of ketones is 1. The predicted molar refractivity (Wildman–Crippen MR) is 99.0 cm³/mol. The molecule has 3 rings (SSSR count). The molecule has 0 radical (unpaired) electrons. The number of nitrogens with zero attached hydrogens (tertiary/aromatic N) is 1.